The number of nitrogen functional groups attached to an aromatic ring is 1. The number of benzene rings is 1. The Morgan fingerprint density at radius 1 is 1.35 bits per heavy atom. The van der Waals surface area contributed by atoms with E-state index in [2.05, 4.69) is 15.9 Å². The maximum Gasteiger partial charge on any atom is 0.255 e. The van der Waals surface area contributed by atoms with Gasteiger partial charge in [-0.3, -0.25) is 4.79 Å². The smallest absolute Gasteiger partial charge is 0.255 e. The van der Waals surface area contributed by atoms with Crippen LogP contribution in [0, 0.1) is 0 Å². The van der Waals surface area contributed by atoms with Gasteiger partial charge in [0.1, 0.15) is 0 Å². The number of carbonyl (C=O) groups excluding carboxylic acids is 1. The van der Waals surface area contributed by atoms with Gasteiger partial charge in [0.2, 0.25) is 0 Å². The molecule has 0 bridgehead atoms. The number of halogens is 2. The third-order valence-electron chi connectivity index (χ3n) is 2.54. The lowest BCUT2D eigenvalue weighted by Gasteiger charge is -2.26. The molecule has 1 aromatic rings. The highest BCUT2D eigenvalue weighted by atomic mass is 79.9. The summed E-state index contributed by atoms with van der Waals surface area (Å²) < 4.78 is 0.899. The molecule has 1 aromatic carbocycles. The van der Waals surface area contributed by atoms with Gasteiger partial charge in [0.05, 0.1) is 5.56 Å². The summed E-state index contributed by atoms with van der Waals surface area (Å²) in [5, 5.41) is 0. The number of rotatable bonds is 1. The highest BCUT2D eigenvalue weighted by molar-refractivity contribution is 9.10. The van der Waals surface area contributed by atoms with Crippen molar-refractivity contribution in [2.24, 2.45) is 0 Å². The second-order valence-electron chi connectivity index (χ2n) is 3.64. The molecule has 17 heavy (non-hydrogen) atoms. The molecule has 0 atom stereocenters. The maximum absolute atomic E-state index is 12.2. The Kier molecular flexibility index (Phi) is 5.62. The Bertz CT molecular complexity index is 410. The largest absolute Gasteiger partial charge is 0.398 e. The summed E-state index contributed by atoms with van der Waals surface area (Å²) in [6, 6.07) is 5.40. The molecule has 1 fully saturated rings. The van der Waals surface area contributed by atoms with Crippen LogP contribution in [-0.4, -0.2) is 35.4 Å². The molecule has 1 aliphatic rings. The number of hydrogen-bond donors (Lipinski definition) is 1. The quantitative estimate of drug-likeness (QED) is 0.801. The van der Waals surface area contributed by atoms with E-state index in [9.17, 15) is 4.79 Å². The zero-order valence-corrected chi connectivity index (χ0v) is 12.4. The van der Waals surface area contributed by atoms with Crippen LogP contribution >= 0.6 is 40.1 Å². The Hall–Kier alpha value is -0.390. The molecule has 0 unspecified atom stereocenters. The van der Waals surface area contributed by atoms with E-state index in [1.54, 1.807) is 12.1 Å². The van der Waals surface area contributed by atoms with Crippen LogP contribution in [0.25, 0.3) is 0 Å². The molecule has 2 rings (SSSR count). The Labute approximate surface area is 120 Å². The lowest BCUT2D eigenvalue weighted by atomic mass is 10.1. The Morgan fingerprint density at radius 2 is 2.00 bits per heavy atom. The van der Waals surface area contributed by atoms with Gasteiger partial charge in [-0.25, -0.2) is 0 Å². The van der Waals surface area contributed by atoms with Crippen molar-refractivity contribution >= 4 is 51.7 Å². The summed E-state index contributed by atoms with van der Waals surface area (Å²) in [5.41, 5.74) is 6.99. The van der Waals surface area contributed by atoms with Crippen LogP contribution in [0.2, 0.25) is 0 Å². The fourth-order valence-corrected chi connectivity index (χ4v) is 2.95. The first-order valence-corrected chi connectivity index (χ1v) is 7.05. The highest BCUT2D eigenvalue weighted by Gasteiger charge is 2.19. The predicted octanol–water partition coefficient (Wildman–Crippen LogP) is 2.64. The first-order valence-electron chi connectivity index (χ1n) is 5.10. The second kappa shape index (κ2) is 6.52. The van der Waals surface area contributed by atoms with E-state index in [4.69, 9.17) is 5.73 Å². The normalized spacial score (nSPS) is 15.2. The molecule has 0 radical (unpaired) electrons. The van der Waals surface area contributed by atoms with Crippen LogP contribution in [0.1, 0.15) is 10.4 Å². The predicted molar refractivity (Wildman–Crippen MR) is 79.0 cm³/mol. The van der Waals surface area contributed by atoms with Crippen molar-refractivity contribution in [1.82, 2.24) is 4.90 Å². The Morgan fingerprint density at radius 3 is 2.59 bits per heavy atom. The van der Waals surface area contributed by atoms with Crippen LogP contribution in [0.3, 0.4) is 0 Å². The van der Waals surface area contributed by atoms with Gasteiger partial charge in [-0.15, -0.1) is 12.4 Å². The van der Waals surface area contributed by atoms with Gasteiger partial charge < -0.3 is 10.6 Å². The highest BCUT2D eigenvalue weighted by Crippen LogP contribution is 2.21. The van der Waals surface area contributed by atoms with Crippen molar-refractivity contribution in [3.8, 4) is 0 Å². The zero-order valence-electron chi connectivity index (χ0n) is 9.19. The molecule has 3 nitrogen and oxygen atoms in total. The van der Waals surface area contributed by atoms with Gasteiger partial charge in [0, 0.05) is 34.8 Å². The summed E-state index contributed by atoms with van der Waals surface area (Å²) in [6.07, 6.45) is 0. The van der Waals surface area contributed by atoms with E-state index in [0.717, 1.165) is 29.1 Å². The molecule has 6 heteroatoms. The van der Waals surface area contributed by atoms with E-state index in [1.165, 1.54) is 0 Å². The van der Waals surface area contributed by atoms with Crippen molar-refractivity contribution in [1.29, 1.82) is 0 Å². The molecule has 1 aliphatic heterocycles. The molecule has 0 spiro atoms. The minimum Gasteiger partial charge on any atom is -0.398 e. The van der Waals surface area contributed by atoms with Crippen LogP contribution in [0.4, 0.5) is 5.69 Å². The SMILES string of the molecule is Cl.Nc1cc(Br)ccc1C(=O)N1CCSCC1. The van der Waals surface area contributed by atoms with Crippen molar-refractivity contribution in [2.45, 2.75) is 0 Å². The van der Waals surface area contributed by atoms with E-state index in [1.807, 2.05) is 22.7 Å². The van der Waals surface area contributed by atoms with Crippen LogP contribution < -0.4 is 5.73 Å². The summed E-state index contributed by atoms with van der Waals surface area (Å²) in [5.74, 6) is 2.08. The van der Waals surface area contributed by atoms with Crippen molar-refractivity contribution < 1.29 is 4.79 Å². The zero-order chi connectivity index (χ0) is 11.5. The van der Waals surface area contributed by atoms with E-state index < -0.39 is 0 Å². The Balaban J connectivity index is 0.00000144. The maximum atomic E-state index is 12.2. The minimum atomic E-state index is 0. The first-order chi connectivity index (χ1) is 7.68. The molecular formula is C11H14BrClN2OS. The minimum absolute atomic E-state index is 0. The second-order valence-corrected chi connectivity index (χ2v) is 5.78. The average Bonchev–Trinajstić information content (AvgIpc) is 2.29. The van der Waals surface area contributed by atoms with E-state index >= 15 is 0 Å². The lowest BCUT2D eigenvalue weighted by molar-refractivity contribution is 0.0773. The summed E-state index contributed by atoms with van der Waals surface area (Å²) >= 11 is 5.22. The number of anilines is 1. The number of nitrogens with zero attached hydrogens (tertiary/aromatic N) is 1. The summed E-state index contributed by atoms with van der Waals surface area (Å²) in [4.78, 5) is 14.0. The molecule has 1 saturated heterocycles. The molecule has 0 aromatic heterocycles. The molecule has 2 N–H and O–H groups in total. The standard InChI is InChI=1S/C11H13BrN2OS.ClH/c12-8-1-2-9(10(13)7-8)11(15)14-3-5-16-6-4-14;/h1-2,7H,3-6,13H2;1H. The topological polar surface area (TPSA) is 46.3 Å². The molecule has 1 amide bonds. The monoisotopic (exact) mass is 336 g/mol. The van der Waals surface area contributed by atoms with E-state index in [-0.39, 0.29) is 18.3 Å². The first kappa shape index (κ1) is 14.7. The van der Waals surface area contributed by atoms with E-state index in [0.29, 0.717) is 11.3 Å². The van der Waals surface area contributed by atoms with Crippen molar-refractivity contribution in [3.05, 3.63) is 28.2 Å². The lowest BCUT2D eigenvalue weighted by Crippen LogP contribution is -2.38. The van der Waals surface area contributed by atoms with Gasteiger partial charge >= 0.3 is 0 Å². The average molecular weight is 338 g/mol. The van der Waals surface area contributed by atoms with Crippen LogP contribution in [0.15, 0.2) is 22.7 Å². The number of thioether (sulfide) groups is 1. The number of amides is 1. The van der Waals surface area contributed by atoms with Gasteiger partial charge in [0.15, 0.2) is 0 Å². The van der Waals surface area contributed by atoms with Crippen molar-refractivity contribution in [3.63, 3.8) is 0 Å². The third-order valence-corrected chi connectivity index (χ3v) is 3.98. The molecule has 94 valence electrons. The van der Waals surface area contributed by atoms with Gasteiger partial charge in [-0.2, -0.15) is 11.8 Å². The summed E-state index contributed by atoms with van der Waals surface area (Å²) in [6.45, 7) is 1.64. The van der Waals surface area contributed by atoms with Crippen LogP contribution in [0.5, 0.6) is 0 Å². The molecule has 0 aliphatic carbocycles. The van der Waals surface area contributed by atoms with Crippen LogP contribution in [-0.2, 0) is 0 Å². The molecule has 0 saturated carbocycles. The number of carbonyl (C=O) groups is 1. The fraction of sp³-hybridized carbons (Fsp3) is 0.364. The van der Waals surface area contributed by atoms with Gasteiger partial charge in [-0.1, -0.05) is 15.9 Å². The molecule has 1 heterocycles. The molecular weight excluding hydrogens is 324 g/mol. The van der Waals surface area contributed by atoms with Crippen molar-refractivity contribution in [2.75, 3.05) is 30.3 Å². The van der Waals surface area contributed by atoms with Gasteiger partial charge in [-0.05, 0) is 18.2 Å². The van der Waals surface area contributed by atoms with Gasteiger partial charge in [0.25, 0.3) is 5.91 Å². The number of nitrogens with two attached hydrogens (primary N) is 1. The summed E-state index contributed by atoms with van der Waals surface area (Å²) in [7, 11) is 0. The number of hydrogen-bond acceptors (Lipinski definition) is 3. The fourth-order valence-electron chi connectivity index (χ4n) is 1.67. The third kappa shape index (κ3) is 3.53.